The zero-order chi connectivity index (χ0) is 16.4. The molecule has 8 heteroatoms. The minimum Gasteiger partial charge on any atom is -0.381 e. The summed E-state index contributed by atoms with van der Waals surface area (Å²) in [6.07, 6.45) is 1.70. The maximum atomic E-state index is 12.5. The lowest BCUT2D eigenvalue weighted by Crippen LogP contribution is -2.39. The van der Waals surface area contributed by atoms with Crippen molar-refractivity contribution in [2.24, 2.45) is 5.92 Å². The van der Waals surface area contributed by atoms with E-state index in [2.05, 4.69) is 14.9 Å². The molecule has 1 unspecified atom stereocenters. The fraction of sp³-hybridized carbons (Fsp3) is 0.667. The summed E-state index contributed by atoms with van der Waals surface area (Å²) in [5.41, 5.74) is 6.42. The van der Waals surface area contributed by atoms with Gasteiger partial charge in [0.25, 0.3) is 0 Å². The number of amides is 1. The smallest absolute Gasteiger partial charge is 0.228 e. The van der Waals surface area contributed by atoms with Crippen LogP contribution in [0, 0.1) is 12.8 Å². The van der Waals surface area contributed by atoms with Gasteiger partial charge >= 0.3 is 0 Å². The van der Waals surface area contributed by atoms with E-state index in [9.17, 15) is 4.79 Å². The predicted octanol–water partition coefficient (Wildman–Crippen LogP) is 1.10. The van der Waals surface area contributed by atoms with Crippen LogP contribution in [0.5, 0.6) is 0 Å². The fourth-order valence-electron chi connectivity index (χ4n) is 3.11. The Balaban J connectivity index is 1.70. The molecule has 2 aliphatic heterocycles. The van der Waals surface area contributed by atoms with Crippen LogP contribution in [-0.4, -0.2) is 60.2 Å². The lowest BCUT2D eigenvalue weighted by Gasteiger charge is -2.25. The highest BCUT2D eigenvalue weighted by Crippen LogP contribution is 2.27. The Labute approximate surface area is 140 Å². The largest absolute Gasteiger partial charge is 0.381 e. The number of aromatic nitrogens is 2. The second-order valence-electron chi connectivity index (χ2n) is 6.03. The molecule has 0 aromatic carbocycles. The van der Waals surface area contributed by atoms with Crippen molar-refractivity contribution in [3.05, 3.63) is 10.7 Å². The van der Waals surface area contributed by atoms with E-state index >= 15 is 0 Å². The number of nitrogens with two attached hydrogens (primary N) is 1. The average molecular weight is 340 g/mol. The van der Waals surface area contributed by atoms with Crippen molar-refractivity contribution in [3.63, 3.8) is 0 Å². The van der Waals surface area contributed by atoms with Crippen LogP contribution in [0.25, 0.3) is 0 Å². The first-order valence-electron chi connectivity index (χ1n) is 7.97. The SMILES string of the molecule is Cc1nc(N)nc(N2CCCN(C(=O)C3CCOC3)CC2)c1Cl. The molecule has 2 N–H and O–H groups in total. The molecule has 0 spiro atoms. The molecule has 1 amide bonds. The summed E-state index contributed by atoms with van der Waals surface area (Å²) in [6, 6.07) is 0. The number of aryl methyl sites for hydroxylation is 1. The Morgan fingerprint density at radius 3 is 2.87 bits per heavy atom. The van der Waals surface area contributed by atoms with Gasteiger partial charge in [0.15, 0.2) is 5.82 Å². The number of hydrogen-bond donors (Lipinski definition) is 1. The first-order valence-corrected chi connectivity index (χ1v) is 8.35. The summed E-state index contributed by atoms with van der Waals surface area (Å²) in [5.74, 6) is 1.10. The van der Waals surface area contributed by atoms with Crippen LogP contribution >= 0.6 is 11.6 Å². The standard InChI is InChI=1S/C15H22ClN5O2/c1-10-12(16)13(19-15(17)18-10)20-4-2-5-21(7-6-20)14(22)11-3-8-23-9-11/h11H,2-9H2,1H3,(H2,17,18,19). The minimum absolute atomic E-state index is 0.0158. The summed E-state index contributed by atoms with van der Waals surface area (Å²) in [4.78, 5) is 24.9. The van der Waals surface area contributed by atoms with Crippen LogP contribution in [0.15, 0.2) is 0 Å². The number of rotatable bonds is 2. The Morgan fingerprint density at radius 1 is 1.30 bits per heavy atom. The molecule has 1 aromatic heterocycles. The number of nitrogens with zero attached hydrogens (tertiary/aromatic N) is 4. The molecular formula is C15H22ClN5O2. The van der Waals surface area contributed by atoms with Gasteiger partial charge in [-0.2, -0.15) is 4.98 Å². The van der Waals surface area contributed by atoms with Gasteiger partial charge in [-0.25, -0.2) is 4.98 Å². The van der Waals surface area contributed by atoms with E-state index in [4.69, 9.17) is 22.1 Å². The summed E-state index contributed by atoms with van der Waals surface area (Å²) in [6.45, 7) is 5.95. The Hall–Kier alpha value is -1.60. The molecule has 23 heavy (non-hydrogen) atoms. The second kappa shape index (κ2) is 6.88. The molecule has 1 aromatic rings. The molecule has 3 rings (SSSR count). The number of nitrogen functional groups attached to an aromatic ring is 1. The molecule has 2 saturated heterocycles. The zero-order valence-electron chi connectivity index (χ0n) is 13.3. The topological polar surface area (TPSA) is 84.6 Å². The lowest BCUT2D eigenvalue weighted by molar-refractivity contribution is -0.135. The molecule has 3 heterocycles. The van der Waals surface area contributed by atoms with Gasteiger partial charge in [0.2, 0.25) is 11.9 Å². The van der Waals surface area contributed by atoms with Gasteiger partial charge < -0.3 is 20.3 Å². The maximum Gasteiger partial charge on any atom is 0.228 e. The number of carbonyl (C=O) groups is 1. The van der Waals surface area contributed by atoms with Crippen LogP contribution in [-0.2, 0) is 9.53 Å². The van der Waals surface area contributed by atoms with Gasteiger partial charge in [-0.1, -0.05) is 11.6 Å². The molecule has 2 aliphatic rings. The molecule has 0 radical (unpaired) electrons. The normalized spacial score (nSPS) is 22.3. The van der Waals surface area contributed by atoms with Crippen molar-refractivity contribution < 1.29 is 9.53 Å². The van der Waals surface area contributed by atoms with E-state index < -0.39 is 0 Å². The van der Waals surface area contributed by atoms with Gasteiger partial charge in [-0.15, -0.1) is 0 Å². The minimum atomic E-state index is 0.0158. The summed E-state index contributed by atoms with van der Waals surface area (Å²) < 4.78 is 5.33. The highest BCUT2D eigenvalue weighted by atomic mass is 35.5. The van der Waals surface area contributed by atoms with E-state index in [1.54, 1.807) is 0 Å². The highest BCUT2D eigenvalue weighted by molar-refractivity contribution is 6.33. The third-order valence-corrected chi connectivity index (χ3v) is 4.85. The Bertz CT molecular complexity index is 591. The summed E-state index contributed by atoms with van der Waals surface area (Å²) >= 11 is 6.34. The molecule has 0 saturated carbocycles. The van der Waals surface area contributed by atoms with E-state index in [0.717, 1.165) is 25.9 Å². The average Bonchev–Trinajstić information content (AvgIpc) is 2.95. The fourth-order valence-corrected chi connectivity index (χ4v) is 3.32. The molecular weight excluding hydrogens is 318 g/mol. The van der Waals surface area contributed by atoms with Crippen LogP contribution in [0.2, 0.25) is 5.02 Å². The van der Waals surface area contributed by atoms with Crippen molar-refractivity contribution in [1.82, 2.24) is 14.9 Å². The van der Waals surface area contributed by atoms with Crippen molar-refractivity contribution in [1.29, 1.82) is 0 Å². The molecule has 0 bridgehead atoms. The van der Waals surface area contributed by atoms with Crippen LogP contribution < -0.4 is 10.6 Å². The summed E-state index contributed by atoms with van der Waals surface area (Å²) in [7, 11) is 0. The third kappa shape index (κ3) is 3.50. The predicted molar refractivity (Wildman–Crippen MR) is 88.5 cm³/mol. The Morgan fingerprint density at radius 2 is 2.13 bits per heavy atom. The lowest BCUT2D eigenvalue weighted by atomic mass is 10.1. The first kappa shape index (κ1) is 16.3. The maximum absolute atomic E-state index is 12.5. The number of halogens is 1. The van der Waals surface area contributed by atoms with E-state index in [-0.39, 0.29) is 17.8 Å². The molecule has 2 fully saturated rings. The van der Waals surface area contributed by atoms with Crippen molar-refractivity contribution >= 4 is 29.3 Å². The van der Waals surface area contributed by atoms with Gasteiger partial charge in [-0.05, 0) is 19.8 Å². The molecule has 7 nitrogen and oxygen atoms in total. The molecule has 0 aliphatic carbocycles. The third-order valence-electron chi connectivity index (χ3n) is 4.40. The van der Waals surface area contributed by atoms with Crippen molar-refractivity contribution in [2.45, 2.75) is 19.8 Å². The highest BCUT2D eigenvalue weighted by Gasteiger charge is 2.29. The van der Waals surface area contributed by atoms with Gasteiger partial charge in [0.05, 0.1) is 18.2 Å². The van der Waals surface area contributed by atoms with Gasteiger partial charge in [-0.3, -0.25) is 4.79 Å². The Kier molecular flexibility index (Phi) is 4.87. The summed E-state index contributed by atoms with van der Waals surface area (Å²) in [5, 5.41) is 0.531. The van der Waals surface area contributed by atoms with Crippen LogP contribution in [0.4, 0.5) is 11.8 Å². The van der Waals surface area contributed by atoms with Gasteiger partial charge in [0, 0.05) is 32.8 Å². The molecule has 126 valence electrons. The molecule has 1 atom stereocenters. The quantitative estimate of drug-likeness (QED) is 0.868. The van der Waals surface area contributed by atoms with E-state index in [0.29, 0.717) is 42.8 Å². The second-order valence-corrected chi connectivity index (χ2v) is 6.41. The van der Waals surface area contributed by atoms with Crippen molar-refractivity contribution in [2.75, 3.05) is 50.0 Å². The zero-order valence-corrected chi connectivity index (χ0v) is 14.1. The van der Waals surface area contributed by atoms with Crippen LogP contribution in [0.1, 0.15) is 18.5 Å². The first-order chi connectivity index (χ1) is 11.1. The van der Waals surface area contributed by atoms with Crippen LogP contribution in [0.3, 0.4) is 0 Å². The van der Waals surface area contributed by atoms with Crippen molar-refractivity contribution in [3.8, 4) is 0 Å². The number of anilines is 2. The number of ether oxygens (including phenoxy) is 1. The van der Waals surface area contributed by atoms with E-state index in [1.165, 1.54) is 0 Å². The van der Waals surface area contributed by atoms with E-state index in [1.807, 2.05) is 11.8 Å². The number of carbonyl (C=O) groups excluding carboxylic acids is 1. The van der Waals surface area contributed by atoms with Gasteiger partial charge in [0.1, 0.15) is 5.02 Å². The number of hydrogen-bond acceptors (Lipinski definition) is 6. The monoisotopic (exact) mass is 339 g/mol.